The van der Waals surface area contributed by atoms with E-state index in [9.17, 15) is 0 Å². The van der Waals surface area contributed by atoms with Crippen molar-refractivity contribution in [1.29, 1.82) is 0 Å². The highest BCUT2D eigenvalue weighted by Gasteiger charge is 2.16. The van der Waals surface area contributed by atoms with Crippen molar-refractivity contribution in [3.05, 3.63) is 0 Å². The summed E-state index contributed by atoms with van der Waals surface area (Å²) in [4.78, 5) is 0. The maximum atomic E-state index is 5.60. The van der Waals surface area contributed by atoms with Gasteiger partial charge in [0.2, 0.25) is 0 Å². The molecule has 3 nitrogen and oxygen atoms in total. The van der Waals surface area contributed by atoms with Crippen molar-refractivity contribution in [2.75, 3.05) is 14.1 Å². The minimum absolute atomic E-state index is 0.0648. The highest BCUT2D eigenvalue weighted by molar-refractivity contribution is 4.37. The van der Waals surface area contributed by atoms with Gasteiger partial charge in [0.25, 0.3) is 0 Å². The highest BCUT2D eigenvalue weighted by Crippen LogP contribution is 1.94. The van der Waals surface area contributed by atoms with Crippen LogP contribution >= 0.6 is 0 Å². The molecule has 0 aromatic rings. The lowest BCUT2D eigenvalue weighted by molar-refractivity contribution is -0.926. The van der Waals surface area contributed by atoms with Crippen LogP contribution in [0.2, 0.25) is 0 Å². The minimum atomic E-state index is 0.0648. The Morgan fingerprint density at radius 2 is 1.88 bits per heavy atom. The van der Waals surface area contributed by atoms with Gasteiger partial charge < -0.3 is 0 Å². The van der Waals surface area contributed by atoms with Gasteiger partial charge in [0.15, 0.2) is 6.17 Å². The molecule has 0 saturated carbocycles. The summed E-state index contributed by atoms with van der Waals surface area (Å²) in [6.07, 6.45) is 0.985. The molecule has 0 amide bonds. The van der Waals surface area contributed by atoms with Gasteiger partial charge in [-0.25, -0.2) is 4.59 Å². The van der Waals surface area contributed by atoms with E-state index in [1.54, 1.807) is 0 Å². The average Bonchev–Trinajstić information content (AvgIpc) is 1.62. The summed E-state index contributed by atoms with van der Waals surface area (Å²) in [6.45, 7) is 2.03. The molecule has 0 aromatic heterocycles. The van der Waals surface area contributed by atoms with Gasteiger partial charge in [-0.2, -0.15) is 5.84 Å². The summed E-state index contributed by atoms with van der Waals surface area (Å²) in [5.74, 6) is 5.60. The Balaban J connectivity index is 3.62. The lowest BCUT2D eigenvalue weighted by atomic mass is 10.3. The molecule has 0 aromatic carbocycles. The molecular formula is C5H16N3+. The van der Waals surface area contributed by atoms with Gasteiger partial charge in [-0.15, -0.1) is 0 Å². The summed E-state index contributed by atoms with van der Waals surface area (Å²) < 4.78 is 0.358. The zero-order valence-corrected chi connectivity index (χ0v) is 5.89. The van der Waals surface area contributed by atoms with E-state index in [0.29, 0.717) is 4.59 Å². The van der Waals surface area contributed by atoms with Crippen molar-refractivity contribution in [2.45, 2.75) is 19.5 Å². The standard InChI is InChI=1S/C5H16N3/c1-4-5(6)8(2,3)7/h5H,4,6-7H2,1-3H3/q+1. The maximum Gasteiger partial charge on any atom is 0.157 e. The van der Waals surface area contributed by atoms with Gasteiger partial charge in [0.05, 0.1) is 14.1 Å². The molecule has 0 spiro atoms. The van der Waals surface area contributed by atoms with Crippen LogP contribution < -0.4 is 11.6 Å². The Labute approximate surface area is 50.8 Å². The number of hydrogen-bond acceptors (Lipinski definition) is 2. The lowest BCUT2D eigenvalue weighted by Crippen LogP contribution is -2.58. The van der Waals surface area contributed by atoms with Crippen molar-refractivity contribution < 1.29 is 4.59 Å². The van der Waals surface area contributed by atoms with Crippen molar-refractivity contribution >= 4 is 0 Å². The quantitative estimate of drug-likeness (QED) is 0.225. The van der Waals surface area contributed by atoms with Crippen LogP contribution in [0.1, 0.15) is 13.3 Å². The van der Waals surface area contributed by atoms with Crippen molar-refractivity contribution in [3.63, 3.8) is 0 Å². The largest absolute Gasteiger partial charge is 0.280 e. The first-order valence-electron chi connectivity index (χ1n) is 2.86. The van der Waals surface area contributed by atoms with Crippen molar-refractivity contribution in [2.24, 2.45) is 11.6 Å². The summed E-state index contributed by atoms with van der Waals surface area (Å²) in [7, 11) is 3.77. The molecule has 3 heteroatoms. The van der Waals surface area contributed by atoms with E-state index in [2.05, 4.69) is 0 Å². The van der Waals surface area contributed by atoms with Gasteiger partial charge in [0, 0.05) is 6.42 Å². The molecular weight excluding hydrogens is 102 g/mol. The molecule has 0 heterocycles. The number of quaternary nitrogens is 1. The third-order valence-electron chi connectivity index (χ3n) is 1.27. The van der Waals surface area contributed by atoms with E-state index in [4.69, 9.17) is 11.6 Å². The molecule has 0 aliphatic rings. The predicted octanol–water partition coefficient (Wildman–Crippen LogP) is -0.369. The summed E-state index contributed by atoms with van der Waals surface area (Å²) in [6, 6.07) is 0. The van der Waals surface area contributed by atoms with Crippen LogP contribution in [0.3, 0.4) is 0 Å². The normalized spacial score (nSPS) is 16.1. The summed E-state index contributed by atoms with van der Waals surface area (Å²) >= 11 is 0. The Hall–Kier alpha value is -0.120. The van der Waals surface area contributed by atoms with E-state index >= 15 is 0 Å². The Morgan fingerprint density at radius 1 is 1.50 bits per heavy atom. The van der Waals surface area contributed by atoms with Crippen LogP contribution in [0.5, 0.6) is 0 Å². The third kappa shape index (κ3) is 2.26. The second-order valence-corrected chi connectivity index (χ2v) is 2.60. The van der Waals surface area contributed by atoms with E-state index in [1.807, 2.05) is 21.0 Å². The second-order valence-electron chi connectivity index (χ2n) is 2.60. The number of hydrogen-bond donors (Lipinski definition) is 2. The van der Waals surface area contributed by atoms with Gasteiger partial charge in [-0.05, 0) is 0 Å². The molecule has 0 aliphatic heterocycles. The predicted molar refractivity (Wildman–Crippen MR) is 34.6 cm³/mol. The third-order valence-corrected chi connectivity index (χ3v) is 1.27. The monoisotopic (exact) mass is 118 g/mol. The molecule has 0 saturated heterocycles. The molecule has 0 aliphatic carbocycles. The molecule has 1 atom stereocenters. The molecule has 1 unspecified atom stereocenters. The maximum absolute atomic E-state index is 5.60. The lowest BCUT2D eigenvalue weighted by Gasteiger charge is -2.28. The minimum Gasteiger partial charge on any atom is -0.280 e. The summed E-state index contributed by atoms with van der Waals surface area (Å²) in [5, 5.41) is 0. The van der Waals surface area contributed by atoms with Crippen molar-refractivity contribution in [3.8, 4) is 0 Å². The first-order chi connectivity index (χ1) is 3.48. The van der Waals surface area contributed by atoms with Gasteiger partial charge in [-0.3, -0.25) is 5.73 Å². The molecule has 8 heavy (non-hydrogen) atoms. The first kappa shape index (κ1) is 7.88. The fraction of sp³-hybridized carbons (Fsp3) is 1.00. The molecule has 0 radical (unpaired) electrons. The highest BCUT2D eigenvalue weighted by atomic mass is 15.6. The fourth-order valence-corrected chi connectivity index (χ4v) is 0.471. The van der Waals surface area contributed by atoms with Crippen LogP contribution in [-0.4, -0.2) is 24.9 Å². The molecule has 0 rings (SSSR count). The summed E-state index contributed by atoms with van der Waals surface area (Å²) in [5.41, 5.74) is 5.60. The Bertz CT molecular complexity index is 64.6. The van der Waals surface area contributed by atoms with Crippen molar-refractivity contribution in [1.82, 2.24) is 0 Å². The average molecular weight is 118 g/mol. The smallest absolute Gasteiger partial charge is 0.157 e. The SMILES string of the molecule is CCC(N)[N+](C)(C)N. The Morgan fingerprint density at radius 3 is 1.88 bits per heavy atom. The van der Waals surface area contributed by atoms with Crippen LogP contribution in [0.4, 0.5) is 0 Å². The van der Waals surface area contributed by atoms with Crippen LogP contribution in [0.15, 0.2) is 0 Å². The zero-order chi connectivity index (χ0) is 6.78. The van der Waals surface area contributed by atoms with E-state index in [0.717, 1.165) is 6.42 Å². The van der Waals surface area contributed by atoms with Crippen LogP contribution in [0.25, 0.3) is 0 Å². The van der Waals surface area contributed by atoms with Crippen LogP contribution in [-0.2, 0) is 0 Å². The number of nitrogens with zero attached hydrogens (tertiary/aromatic N) is 1. The van der Waals surface area contributed by atoms with E-state index < -0.39 is 0 Å². The molecule has 50 valence electrons. The molecule has 0 fully saturated rings. The fourth-order valence-electron chi connectivity index (χ4n) is 0.471. The number of rotatable bonds is 2. The van der Waals surface area contributed by atoms with Gasteiger partial charge in [0.1, 0.15) is 0 Å². The van der Waals surface area contributed by atoms with E-state index in [1.165, 1.54) is 0 Å². The Kier molecular flexibility index (Phi) is 2.40. The first-order valence-corrected chi connectivity index (χ1v) is 2.86. The molecule has 4 N–H and O–H groups in total. The van der Waals surface area contributed by atoms with Gasteiger partial charge >= 0.3 is 0 Å². The molecule has 0 bridgehead atoms. The topological polar surface area (TPSA) is 52.0 Å². The number of nitrogens with two attached hydrogens (primary N) is 2. The second kappa shape index (κ2) is 2.44. The van der Waals surface area contributed by atoms with Gasteiger partial charge in [-0.1, -0.05) is 6.92 Å². The zero-order valence-electron chi connectivity index (χ0n) is 5.89. The van der Waals surface area contributed by atoms with Crippen LogP contribution in [0, 0.1) is 0 Å². The van der Waals surface area contributed by atoms with E-state index in [-0.39, 0.29) is 6.17 Å².